The van der Waals surface area contributed by atoms with Gasteiger partial charge >= 0.3 is 0 Å². The van der Waals surface area contributed by atoms with Crippen LogP contribution in [0.1, 0.15) is 12.8 Å². The highest BCUT2D eigenvalue weighted by Crippen LogP contribution is 2.25. The molecule has 6 heteroatoms. The number of benzene rings is 1. The summed E-state index contributed by atoms with van der Waals surface area (Å²) in [6.45, 7) is 0.794. The van der Waals surface area contributed by atoms with Gasteiger partial charge in [-0.3, -0.25) is 0 Å². The normalized spacial score (nSPS) is 20.8. The summed E-state index contributed by atoms with van der Waals surface area (Å²) in [4.78, 5) is 0.295. The molecule has 2 rings (SSSR count). The van der Waals surface area contributed by atoms with E-state index in [1.165, 1.54) is 4.31 Å². The fourth-order valence-corrected chi connectivity index (χ4v) is 3.55. The molecule has 0 saturated carbocycles. The SMILES string of the molecule is NCC1(O)CCN(S(=O)(=O)c2ccccc2)CC1. The molecule has 1 fully saturated rings. The van der Waals surface area contributed by atoms with Crippen molar-refractivity contribution in [2.75, 3.05) is 19.6 Å². The van der Waals surface area contributed by atoms with Gasteiger partial charge in [-0.2, -0.15) is 4.31 Å². The van der Waals surface area contributed by atoms with Crippen LogP contribution in [0.4, 0.5) is 0 Å². The van der Waals surface area contributed by atoms with E-state index in [4.69, 9.17) is 5.73 Å². The monoisotopic (exact) mass is 270 g/mol. The molecule has 5 nitrogen and oxygen atoms in total. The van der Waals surface area contributed by atoms with Gasteiger partial charge in [0.05, 0.1) is 10.5 Å². The fourth-order valence-electron chi connectivity index (χ4n) is 2.09. The number of piperidine rings is 1. The van der Waals surface area contributed by atoms with E-state index in [1.54, 1.807) is 30.3 Å². The summed E-state index contributed by atoms with van der Waals surface area (Å²) in [6.07, 6.45) is 0.769. The van der Waals surface area contributed by atoms with E-state index < -0.39 is 15.6 Å². The third-order valence-electron chi connectivity index (χ3n) is 3.41. The summed E-state index contributed by atoms with van der Waals surface area (Å²) in [5.41, 5.74) is 4.57. The predicted molar refractivity (Wildman–Crippen MR) is 68.4 cm³/mol. The van der Waals surface area contributed by atoms with Crippen molar-refractivity contribution in [3.05, 3.63) is 30.3 Å². The summed E-state index contributed by atoms with van der Waals surface area (Å²) in [6, 6.07) is 8.35. The number of aliphatic hydroxyl groups is 1. The molecule has 0 aromatic heterocycles. The minimum absolute atomic E-state index is 0.173. The Bertz CT molecular complexity index is 493. The van der Waals surface area contributed by atoms with E-state index in [2.05, 4.69) is 0 Å². The Kier molecular flexibility index (Phi) is 3.72. The van der Waals surface area contributed by atoms with Gasteiger partial charge in [0.2, 0.25) is 10.0 Å². The van der Waals surface area contributed by atoms with Gasteiger partial charge in [0, 0.05) is 19.6 Å². The Morgan fingerprint density at radius 3 is 2.28 bits per heavy atom. The van der Waals surface area contributed by atoms with Crippen molar-refractivity contribution in [3.8, 4) is 0 Å². The molecule has 1 aromatic carbocycles. The molecule has 0 spiro atoms. The number of nitrogens with two attached hydrogens (primary N) is 1. The van der Waals surface area contributed by atoms with Crippen LogP contribution in [0.5, 0.6) is 0 Å². The molecule has 18 heavy (non-hydrogen) atoms. The summed E-state index contributed by atoms with van der Waals surface area (Å²) in [7, 11) is -3.44. The smallest absolute Gasteiger partial charge is 0.243 e. The van der Waals surface area contributed by atoms with Gasteiger partial charge in [0.15, 0.2) is 0 Å². The minimum Gasteiger partial charge on any atom is -0.388 e. The molecule has 0 amide bonds. The minimum atomic E-state index is -3.44. The fraction of sp³-hybridized carbons (Fsp3) is 0.500. The number of nitrogens with zero attached hydrogens (tertiary/aromatic N) is 1. The zero-order chi connectivity index (χ0) is 13.2. The van der Waals surface area contributed by atoms with Crippen LogP contribution < -0.4 is 5.73 Å². The molecule has 0 aliphatic carbocycles. The first-order valence-electron chi connectivity index (χ1n) is 5.96. The van der Waals surface area contributed by atoms with Gasteiger partial charge in [0.25, 0.3) is 0 Å². The zero-order valence-corrected chi connectivity index (χ0v) is 10.9. The largest absolute Gasteiger partial charge is 0.388 e. The van der Waals surface area contributed by atoms with Crippen LogP contribution in [-0.2, 0) is 10.0 Å². The Hall–Kier alpha value is -0.950. The lowest BCUT2D eigenvalue weighted by Gasteiger charge is -2.36. The Balaban J connectivity index is 2.15. The molecular weight excluding hydrogens is 252 g/mol. The third kappa shape index (κ3) is 2.56. The van der Waals surface area contributed by atoms with Crippen LogP contribution in [0.3, 0.4) is 0 Å². The van der Waals surface area contributed by atoms with E-state index in [0.717, 1.165) is 0 Å². The maximum atomic E-state index is 12.3. The van der Waals surface area contributed by atoms with Crippen molar-refractivity contribution in [1.29, 1.82) is 0 Å². The molecule has 1 aromatic rings. The topological polar surface area (TPSA) is 83.6 Å². The number of sulfonamides is 1. The molecular formula is C12H18N2O3S. The van der Waals surface area contributed by atoms with Gasteiger partial charge in [-0.25, -0.2) is 8.42 Å². The molecule has 1 heterocycles. The lowest BCUT2D eigenvalue weighted by Crippen LogP contribution is -2.50. The van der Waals surface area contributed by atoms with Gasteiger partial charge in [-0.15, -0.1) is 0 Å². The van der Waals surface area contributed by atoms with Crippen molar-refractivity contribution < 1.29 is 13.5 Å². The van der Waals surface area contributed by atoms with Crippen molar-refractivity contribution in [2.24, 2.45) is 5.73 Å². The molecule has 100 valence electrons. The highest BCUT2D eigenvalue weighted by molar-refractivity contribution is 7.89. The first-order valence-corrected chi connectivity index (χ1v) is 7.40. The third-order valence-corrected chi connectivity index (χ3v) is 5.33. The Morgan fingerprint density at radius 2 is 1.78 bits per heavy atom. The van der Waals surface area contributed by atoms with Gasteiger partial charge in [-0.05, 0) is 25.0 Å². The molecule has 3 N–H and O–H groups in total. The maximum absolute atomic E-state index is 12.3. The predicted octanol–water partition coefficient (Wildman–Crippen LogP) is 0.161. The molecule has 0 unspecified atom stereocenters. The first-order chi connectivity index (χ1) is 8.48. The van der Waals surface area contributed by atoms with Crippen LogP contribution >= 0.6 is 0 Å². The zero-order valence-electron chi connectivity index (χ0n) is 10.1. The van der Waals surface area contributed by atoms with Crippen molar-refractivity contribution in [3.63, 3.8) is 0 Å². The first kappa shape index (κ1) is 13.5. The summed E-state index contributed by atoms with van der Waals surface area (Å²) < 4.78 is 26.0. The second-order valence-corrected chi connectivity index (χ2v) is 6.58. The highest BCUT2D eigenvalue weighted by atomic mass is 32.2. The lowest BCUT2D eigenvalue weighted by atomic mass is 9.93. The van der Waals surface area contributed by atoms with E-state index in [-0.39, 0.29) is 6.54 Å². The van der Waals surface area contributed by atoms with Crippen molar-refractivity contribution in [1.82, 2.24) is 4.31 Å². The Labute approximate surface area is 107 Å². The van der Waals surface area contributed by atoms with E-state index >= 15 is 0 Å². The molecule has 0 atom stereocenters. The summed E-state index contributed by atoms with van der Waals surface area (Å²) in [5.74, 6) is 0. The van der Waals surface area contributed by atoms with E-state index in [1.807, 2.05) is 0 Å². The average molecular weight is 270 g/mol. The molecule has 0 radical (unpaired) electrons. The summed E-state index contributed by atoms with van der Waals surface area (Å²) in [5, 5.41) is 9.99. The lowest BCUT2D eigenvalue weighted by molar-refractivity contribution is 0.00344. The van der Waals surface area contributed by atoms with Crippen LogP contribution in [-0.4, -0.2) is 43.1 Å². The molecule has 1 aliphatic rings. The van der Waals surface area contributed by atoms with Crippen molar-refractivity contribution in [2.45, 2.75) is 23.3 Å². The van der Waals surface area contributed by atoms with Gasteiger partial charge in [0.1, 0.15) is 0 Å². The number of rotatable bonds is 3. The van der Waals surface area contributed by atoms with Gasteiger partial charge < -0.3 is 10.8 Å². The quantitative estimate of drug-likeness (QED) is 0.819. The van der Waals surface area contributed by atoms with Crippen LogP contribution in [0.25, 0.3) is 0 Å². The van der Waals surface area contributed by atoms with Crippen LogP contribution in [0, 0.1) is 0 Å². The van der Waals surface area contributed by atoms with Crippen LogP contribution in [0.15, 0.2) is 35.2 Å². The second kappa shape index (κ2) is 4.97. The standard InChI is InChI=1S/C12H18N2O3S/c13-10-12(15)6-8-14(9-7-12)18(16,17)11-4-2-1-3-5-11/h1-5,15H,6-10,13H2. The maximum Gasteiger partial charge on any atom is 0.243 e. The number of hydrogen-bond acceptors (Lipinski definition) is 4. The van der Waals surface area contributed by atoms with Crippen LogP contribution in [0.2, 0.25) is 0 Å². The summed E-state index contributed by atoms with van der Waals surface area (Å²) >= 11 is 0. The van der Waals surface area contributed by atoms with Crippen molar-refractivity contribution >= 4 is 10.0 Å². The number of hydrogen-bond donors (Lipinski definition) is 2. The van der Waals surface area contributed by atoms with E-state index in [0.29, 0.717) is 30.8 Å². The van der Waals surface area contributed by atoms with E-state index in [9.17, 15) is 13.5 Å². The molecule has 0 bridgehead atoms. The Morgan fingerprint density at radius 1 is 1.22 bits per heavy atom. The second-order valence-electron chi connectivity index (χ2n) is 4.65. The highest BCUT2D eigenvalue weighted by Gasteiger charge is 2.35. The molecule has 1 saturated heterocycles. The average Bonchev–Trinajstić information content (AvgIpc) is 2.40. The molecule has 1 aliphatic heterocycles. The van der Waals surface area contributed by atoms with Gasteiger partial charge in [-0.1, -0.05) is 18.2 Å².